The van der Waals surface area contributed by atoms with E-state index in [1.54, 1.807) is 12.1 Å². The van der Waals surface area contributed by atoms with Crippen LogP contribution in [0.2, 0.25) is 0 Å². The minimum atomic E-state index is -0.619. The molecule has 0 aromatic heterocycles. The lowest BCUT2D eigenvalue weighted by Gasteiger charge is -2.26. The third-order valence-corrected chi connectivity index (χ3v) is 5.13. The number of ether oxygens (including phenoxy) is 2. The standard InChI is InChI=1S/C25H28N2O4/c1-25(2,3)31-24(29)27-21(14-17-7-5-4-6-8-17)22-15-20(23(28)30-22)13-18-9-11-19(16-26)12-10-18/h4-12,20-22H,13-15H2,1-3H3,(H,27,29)/t20-,21+,22+/m1/s1. The SMILES string of the molecule is CC(C)(C)OC(=O)N[C@@H](Cc1ccccc1)[C@@H]1C[C@@H](Cc2ccc(C#N)cc2)C(=O)O1. The Morgan fingerprint density at radius 2 is 1.84 bits per heavy atom. The molecule has 2 aromatic rings. The van der Waals surface area contributed by atoms with Gasteiger partial charge < -0.3 is 14.8 Å². The number of hydrogen-bond acceptors (Lipinski definition) is 5. The molecule has 0 bridgehead atoms. The lowest BCUT2D eigenvalue weighted by atomic mass is 9.92. The summed E-state index contributed by atoms with van der Waals surface area (Å²) in [6.07, 6.45) is 0.600. The predicted octanol–water partition coefficient (Wildman–Crippen LogP) is 4.17. The number of nitrogens with one attached hydrogen (secondary N) is 1. The van der Waals surface area contributed by atoms with Crippen LogP contribution in [0.15, 0.2) is 54.6 Å². The van der Waals surface area contributed by atoms with Crippen molar-refractivity contribution >= 4 is 12.1 Å². The van der Waals surface area contributed by atoms with E-state index < -0.39 is 23.8 Å². The number of rotatable bonds is 6. The molecule has 0 spiro atoms. The van der Waals surface area contributed by atoms with Crippen molar-refractivity contribution in [1.29, 1.82) is 5.26 Å². The first-order valence-electron chi connectivity index (χ1n) is 10.5. The van der Waals surface area contributed by atoms with E-state index in [2.05, 4.69) is 11.4 Å². The van der Waals surface area contributed by atoms with E-state index in [0.29, 0.717) is 24.8 Å². The molecule has 1 aliphatic rings. The average Bonchev–Trinajstić information content (AvgIpc) is 3.08. The second-order valence-electron chi connectivity index (χ2n) is 8.86. The van der Waals surface area contributed by atoms with Gasteiger partial charge in [-0.1, -0.05) is 42.5 Å². The number of esters is 1. The van der Waals surface area contributed by atoms with Crippen LogP contribution in [0, 0.1) is 17.2 Å². The van der Waals surface area contributed by atoms with E-state index in [4.69, 9.17) is 14.7 Å². The Morgan fingerprint density at radius 1 is 1.16 bits per heavy atom. The first kappa shape index (κ1) is 22.4. The molecular weight excluding hydrogens is 392 g/mol. The summed E-state index contributed by atoms with van der Waals surface area (Å²) < 4.78 is 11.1. The molecular formula is C25H28N2O4. The molecule has 0 radical (unpaired) electrons. The van der Waals surface area contributed by atoms with Crippen molar-refractivity contribution in [3.63, 3.8) is 0 Å². The smallest absolute Gasteiger partial charge is 0.408 e. The van der Waals surface area contributed by atoms with Crippen molar-refractivity contribution in [2.45, 2.75) is 57.8 Å². The molecule has 1 fully saturated rings. The molecule has 0 unspecified atom stereocenters. The Morgan fingerprint density at radius 3 is 2.45 bits per heavy atom. The lowest BCUT2D eigenvalue weighted by molar-refractivity contribution is -0.145. The van der Waals surface area contributed by atoms with Crippen LogP contribution in [-0.2, 0) is 27.1 Å². The zero-order valence-corrected chi connectivity index (χ0v) is 18.1. The summed E-state index contributed by atoms with van der Waals surface area (Å²) in [5.41, 5.74) is 1.97. The van der Waals surface area contributed by atoms with Gasteiger partial charge >= 0.3 is 12.1 Å². The molecule has 3 rings (SSSR count). The second-order valence-corrected chi connectivity index (χ2v) is 8.86. The molecule has 31 heavy (non-hydrogen) atoms. The van der Waals surface area contributed by atoms with Crippen molar-refractivity contribution in [3.05, 3.63) is 71.3 Å². The van der Waals surface area contributed by atoms with E-state index >= 15 is 0 Å². The first-order valence-corrected chi connectivity index (χ1v) is 10.5. The van der Waals surface area contributed by atoms with Crippen LogP contribution in [0.4, 0.5) is 4.79 Å². The fourth-order valence-corrected chi connectivity index (χ4v) is 3.69. The molecule has 162 valence electrons. The van der Waals surface area contributed by atoms with Crippen LogP contribution in [-0.4, -0.2) is 29.8 Å². The molecule has 1 amide bonds. The number of benzene rings is 2. The van der Waals surface area contributed by atoms with Crippen molar-refractivity contribution in [2.24, 2.45) is 5.92 Å². The number of alkyl carbamates (subject to hydrolysis) is 1. The minimum Gasteiger partial charge on any atom is -0.460 e. The number of nitrogens with zero attached hydrogens (tertiary/aromatic N) is 1. The molecule has 0 saturated carbocycles. The molecule has 1 heterocycles. The summed E-state index contributed by atoms with van der Waals surface area (Å²) in [6.45, 7) is 5.42. The monoisotopic (exact) mass is 420 g/mol. The largest absolute Gasteiger partial charge is 0.460 e. The topological polar surface area (TPSA) is 88.4 Å². The summed E-state index contributed by atoms with van der Waals surface area (Å²) in [5.74, 6) is -0.560. The van der Waals surface area contributed by atoms with Crippen LogP contribution in [0.5, 0.6) is 0 Å². The number of carbonyl (C=O) groups excluding carboxylic acids is 2. The minimum absolute atomic E-state index is 0.265. The summed E-state index contributed by atoms with van der Waals surface area (Å²) in [4.78, 5) is 25.0. The maximum atomic E-state index is 12.6. The number of cyclic esters (lactones) is 1. The van der Waals surface area contributed by atoms with Crippen LogP contribution in [0.3, 0.4) is 0 Å². The number of carbonyl (C=O) groups is 2. The zero-order valence-electron chi connectivity index (χ0n) is 18.1. The Labute approximate surface area is 183 Å². The Hall–Kier alpha value is -3.33. The van der Waals surface area contributed by atoms with Gasteiger partial charge in [0.25, 0.3) is 0 Å². The van der Waals surface area contributed by atoms with Gasteiger partial charge in [-0.3, -0.25) is 4.79 Å². The highest BCUT2D eigenvalue weighted by atomic mass is 16.6. The normalized spacial score (nSPS) is 19.2. The molecule has 1 saturated heterocycles. The van der Waals surface area contributed by atoms with Crippen LogP contribution < -0.4 is 5.32 Å². The third kappa shape index (κ3) is 6.58. The molecule has 3 atom stereocenters. The van der Waals surface area contributed by atoms with Gasteiger partial charge in [0.15, 0.2) is 0 Å². The maximum absolute atomic E-state index is 12.6. The van der Waals surface area contributed by atoms with E-state index in [1.807, 2.05) is 63.2 Å². The third-order valence-electron chi connectivity index (χ3n) is 5.13. The average molecular weight is 421 g/mol. The molecule has 1 N–H and O–H groups in total. The van der Waals surface area contributed by atoms with E-state index in [9.17, 15) is 9.59 Å². The van der Waals surface area contributed by atoms with Gasteiger partial charge in [0.1, 0.15) is 11.7 Å². The first-order chi connectivity index (χ1) is 14.7. The van der Waals surface area contributed by atoms with Crippen molar-refractivity contribution in [2.75, 3.05) is 0 Å². The van der Waals surface area contributed by atoms with Crippen LogP contribution in [0.1, 0.15) is 43.9 Å². The molecule has 1 aliphatic heterocycles. The molecule has 6 heteroatoms. The summed E-state index contributed by atoms with van der Waals surface area (Å²) >= 11 is 0. The highest BCUT2D eigenvalue weighted by Gasteiger charge is 2.40. The zero-order chi connectivity index (χ0) is 22.4. The van der Waals surface area contributed by atoms with Gasteiger partial charge in [0.2, 0.25) is 0 Å². The van der Waals surface area contributed by atoms with Gasteiger partial charge in [-0.2, -0.15) is 5.26 Å². The van der Waals surface area contributed by atoms with E-state index in [-0.39, 0.29) is 11.9 Å². The second kappa shape index (κ2) is 9.65. The van der Waals surface area contributed by atoms with Gasteiger partial charge in [0, 0.05) is 6.42 Å². The van der Waals surface area contributed by atoms with Gasteiger partial charge in [-0.15, -0.1) is 0 Å². The lowest BCUT2D eigenvalue weighted by Crippen LogP contribution is -2.46. The van der Waals surface area contributed by atoms with Gasteiger partial charge in [-0.25, -0.2) is 4.79 Å². The quantitative estimate of drug-likeness (QED) is 0.709. The number of hydrogen-bond donors (Lipinski definition) is 1. The van der Waals surface area contributed by atoms with Crippen molar-refractivity contribution < 1.29 is 19.1 Å². The Kier molecular flexibility index (Phi) is 6.96. The summed E-state index contributed by atoms with van der Waals surface area (Å²) in [5, 5.41) is 11.9. The molecule has 2 aromatic carbocycles. The van der Waals surface area contributed by atoms with E-state index in [0.717, 1.165) is 11.1 Å². The van der Waals surface area contributed by atoms with Crippen LogP contribution >= 0.6 is 0 Å². The maximum Gasteiger partial charge on any atom is 0.408 e. The van der Waals surface area contributed by atoms with E-state index in [1.165, 1.54) is 0 Å². The molecule has 6 nitrogen and oxygen atoms in total. The fraction of sp³-hybridized carbons (Fsp3) is 0.400. The Balaban J connectivity index is 1.71. The van der Waals surface area contributed by atoms with Gasteiger partial charge in [0.05, 0.1) is 23.6 Å². The highest BCUT2D eigenvalue weighted by Crippen LogP contribution is 2.28. The fourth-order valence-electron chi connectivity index (χ4n) is 3.69. The number of nitriles is 1. The number of amides is 1. The molecule has 0 aliphatic carbocycles. The summed E-state index contributed by atoms with van der Waals surface area (Å²) in [7, 11) is 0. The highest BCUT2D eigenvalue weighted by molar-refractivity contribution is 5.75. The Bertz CT molecular complexity index is 942. The van der Waals surface area contributed by atoms with Crippen molar-refractivity contribution in [1.82, 2.24) is 5.32 Å². The van der Waals surface area contributed by atoms with Gasteiger partial charge in [-0.05, 0) is 56.9 Å². The predicted molar refractivity (Wildman–Crippen MR) is 116 cm³/mol. The van der Waals surface area contributed by atoms with Crippen LogP contribution in [0.25, 0.3) is 0 Å². The summed E-state index contributed by atoms with van der Waals surface area (Å²) in [6, 6.07) is 18.7. The van der Waals surface area contributed by atoms with Crippen molar-refractivity contribution in [3.8, 4) is 6.07 Å².